The van der Waals surface area contributed by atoms with Gasteiger partial charge in [-0.1, -0.05) is 18.2 Å². The third kappa shape index (κ3) is 4.88. The number of nitrogens with one attached hydrogen (secondary N) is 1. The van der Waals surface area contributed by atoms with Crippen LogP contribution in [0.1, 0.15) is 0 Å². The van der Waals surface area contributed by atoms with E-state index in [0.717, 1.165) is 5.69 Å². The number of amides is 2. The van der Waals surface area contributed by atoms with E-state index < -0.39 is 30.2 Å². The number of nitrogens with zero attached hydrogens (tertiary/aromatic N) is 2. The first kappa shape index (κ1) is 22.8. The third-order valence-corrected chi connectivity index (χ3v) is 4.70. The van der Waals surface area contributed by atoms with E-state index in [1.807, 2.05) is 18.2 Å². The van der Waals surface area contributed by atoms with E-state index in [9.17, 15) is 14.0 Å². The van der Waals surface area contributed by atoms with Crippen LogP contribution in [0.25, 0.3) is 5.73 Å². The molecule has 2 aromatic carbocycles. The maximum Gasteiger partial charge on any atom is 0.414 e. The van der Waals surface area contributed by atoms with Crippen LogP contribution in [-0.4, -0.2) is 50.6 Å². The van der Waals surface area contributed by atoms with E-state index in [0.29, 0.717) is 12.2 Å². The Bertz CT molecular complexity index is 917. The quantitative estimate of drug-likeness (QED) is 0.489. The van der Waals surface area contributed by atoms with Crippen molar-refractivity contribution in [3.05, 3.63) is 60.1 Å². The molecule has 2 fully saturated rings. The molecule has 0 bridgehead atoms. The maximum atomic E-state index is 14.4. The van der Waals surface area contributed by atoms with Crippen LogP contribution in [-0.2, 0) is 9.47 Å². The summed E-state index contributed by atoms with van der Waals surface area (Å²) in [7, 11) is 0. The van der Waals surface area contributed by atoms with Crippen LogP contribution < -0.4 is 14.5 Å². The van der Waals surface area contributed by atoms with Crippen molar-refractivity contribution in [2.24, 2.45) is 0 Å². The van der Waals surface area contributed by atoms with Crippen LogP contribution in [0.3, 0.4) is 0 Å². The molecule has 2 aliphatic heterocycles. The van der Waals surface area contributed by atoms with E-state index >= 15 is 0 Å². The molecule has 0 aliphatic carbocycles. The molecule has 4 rings (SSSR count). The number of anilines is 2. The summed E-state index contributed by atoms with van der Waals surface area (Å²) in [4.78, 5) is 26.7. The zero-order chi connectivity index (χ0) is 20.4. The summed E-state index contributed by atoms with van der Waals surface area (Å²) in [5, 5.41) is 0. The first-order valence-corrected chi connectivity index (χ1v) is 9.13. The van der Waals surface area contributed by atoms with Gasteiger partial charge >= 0.3 is 12.2 Å². The molecular weight excluding hydrogens is 608 g/mol. The molecule has 30 heavy (non-hydrogen) atoms. The number of cyclic esters (lactones) is 2. The zero-order valence-electron chi connectivity index (χ0n) is 16.0. The SMILES string of the molecule is [Ac].[NH-]C[C@@H]1CN(c2ccc(OCC3CN(c4ccccc4)C(=O)O3)c(F)c2)C(=O)O1. The van der Waals surface area contributed by atoms with Gasteiger partial charge in [-0.05, 0) is 24.3 Å². The first-order chi connectivity index (χ1) is 14.0. The fraction of sp³-hybridized carbons (Fsp3) is 0.300. The van der Waals surface area contributed by atoms with Crippen molar-refractivity contribution in [2.75, 3.05) is 36.0 Å². The summed E-state index contributed by atoms with van der Waals surface area (Å²) >= 11 is 0. The van der Waals surface area contributed by atoms with Crippen molar-refractivity contribution in [2.45, 2.75) is 12.2 Å². The molecular formula is C20H19AcFN3O5-. The summed E-state index contributed by atoms with van der Waals surface area (Å²) in [6.45, 7) is 0.454. The van der Waals surface area contributed by atoms with Crippen molar-refractivity contribution < 1.29 is 72.3 Å². The summed E-state index contributed by atoms with van der Waals surface area (Å²) in [6, 6.07) is 13.2. The molecule has 155 valence electrons. The molecule has 10 heteroatoms. The number of rotatable bonds is 6. The second-order valence-corrected chi connectivity index (χ2v) is 6.70. The Morgan fingerprint density at radius 3 is 2.23 bits per heavy atom. The Kier molecular flexibility index (Phi) is 7.56. The largest absolute Gasteiger partial charge is 0.674 e. The van der Waals surface area contributed by atoms with E-state index in [2.05, 4.69) is 0 Å². The van der Waals surface area contributed by atoms with E-state index in [1.54, 1.807) is 18.2 Å². The zero-order valence-corrected chi connectivity index (χ0v) is 20.7. The third-order valence-electron chi connectivity index (χ3n) is 4.70. The standard InChI is InChI=1S/C20H19FN3O5.Ac/c21-17-8-14(24-10-15(9-22)28-20(24)26)6-7-18(17)27-12-16-11-23(19(25)29-16)13-4-2-1-3-5-13;/h1-8,15-16,22H,9-12H2;/q-1;/t15-,16?;/m1./s1. The summed E-state index contributed by atoms with van der Waals surface area (Å²) in [6.07, 6.45) is -2.13. The Balaban J connectivity index is 0.00000256. The van der Waals surface area contributed by atoms with Crippen LogP contribution in [0, 0.1) is 49.9 Å². The van der Waals surface area contributed by atoms with Gasteiger partial charge < -0.3 is 19.9 Å². The average Bonchev–Trinajstić information content (AvgIpc) is 3.30. The van der Waals surface area contributed by atoms with Crippen molar-refractivity contribution in [1.82, 2.24) is 0 Å². The molecule has 2 heterocycles. The number of para-hydroxylation sites is 1. The molecule has 1 unspecified atom stereocenters. The minimum Gasteiger partial charge on any atom is -0.674 e. The van der Waals surface area contributed by atoms with Gasteiger partial charge in [-0.2, -0.15) is 0 Å². The van der Waals surface area contributed by atoms with Gasteiger partial charge in [0, 0.05) is 55.8 Å². The molecule has 2 aliphatic rings. The second kappa shape index (κ2) is 9.95. The first-order valence-electron chi connectivity index (χ1n) is 9.13. The van der Waals surface area contributed by atoms with E-state index in [4.69, 9.17) is 19.9 Å². The number of carbonyl (C=O) groups is 2. The van der Waals surface area contributed by atoms with Gasteiger partial charge in [0.25, 0.3) is 0 Å². The Labute approximate surface area is 208 Å². The molecule has 2 aromatic rings. The molecule has 8 nitrogen and oxygen atoms in total. The number of hydrogen-bond acceptors (Lipinski definition) is 5. The average molecular weight is 627 g/mol. The predicted molar refractivity (Wildman–Crippen MR) is 103 cm³/mol. The van der Waals surface area contributed by atoms with E-state index in [1.165, 1.54) is 21.9 Å². The van der Waals surface area contributed by atoms with Crippen LogP contribution in [0.2, 0.25) is 0 Å². The van der Waals surface area contributed by atoms with Crippen molar-refractivity contribution in [1.29, 1.82) is 0 Å². The molecule has 0 spiro atoms. The van der Waals surface area contributed by atoms with Gasteiger partial charge in [0.15, 0.2) is 17.7 Å². The van der Waals surface area contributed by atoms with Crippen LogP contribution in [0.15, 0.2) is 48.5 Å². The Morgan fingerprint density at radius 2 is 1.60 bits per heavy atom. The number of hydrogen-bond donors (Lipinski definition) is 0. The van der Waals surface area contributed by atoms with Crippen LogP contribution in [0.5, 0.6) is 5.75 Å². The molecule has 2 saturated heterocycles. The van der Waals surface area contributed by atoms with Crippen molar-refractivity contribution >= 4 is 23.6 Å². The van der Waals surface area contributed by atoms with Gasteiger partial charge in [-0.25, -0.2) is 14.0 Å². The van der Waals surface area contributed by atoms with Gasteiger partial charge in [0.2, 0.25) is 0 Å². The van der Waals surface area contributed by atoms with Crippen LogP contribution >= 0.6 is 0 Å². The summed E-state index contributed by atoms with van der Waals surface area (Å²) < 4.78 is 30.2. The molecule has 0 aromatic heterocycles. The second-order valence-electron chi connectivity index (χ2n) is 6.70. The van der Waals surface area contributed by atoms with E-state index in [-0.39, 0.29) is 69.5 Å². The number of carbonyl (C=O) groups excluding carboxylic acids is 2. The van der Waals surface area contributed by atoms with Gasteiger partial charge in [0.1, 0.15) is 12.7 Å². The summed E-state index contributed by atoms with van der Waals surface area (Å²) in [5.74, 6) is -0.651. The molecule has 2 amide bonds. The monoisotopic (exact) mass is 627 g/mol. The number of halogens is 1. The van der Waals surface area contributed by atoms with Gasteiger partial charge in [-0.3, -0.25) is 9.80 Å². The molecule has 1 radical (unpaired) electrons. The topological polar surface area (TPSA) is 92.1 Å². The fourth-order valence-electron chi connectivity index (χ4n) is 3.22. The molecule has 1 N–H and O–H groups in total. The van der Waals surface area contributed by atoms with Crippen molar-refractivity contribution in [3.8, 4) is 5.75 Å². The minimum absolute atomic E-state index is 0. The Hall–Kier alpha value is -1.89. The fourth-order valence-corrected chi connectivity index (χ4v) is 3.22. The summed E-state index contributed by atoms with van der Waals surface area (Å²) in [5.41, 5.74) is 8.35. The van der Waals surface area contributed by atoms with Crippen LogP contribution in [0.4, 0.5) is 25.4 Å². The normalized spacial score (nSPS) is 20.6. The van der Waals surface area contributed by atoms with Gasteiger partial charge in [-0.15, -0.1) is 6.54 Å². The van der Waals surface area contributed by atoms with Gasteiger partial charge in [0.05, 0.1) is 18.8 Å². The molecule has 2 atom stereocenters. The minimum atomic E-state index is -0.645. The molecule has 0 saturated carbocycles. The number of ether oxygens (including phenoxy) is 3. The Morgan fingerprint density at radius 1 is 0.967 bits per heavy atom. The smallest absolute Gasteiger partial charge is 0.414 e. The number of benzene rings is 2. The maximum absolute atomic E-state index is 14.4. The van der Waals surface area contributed by atoms with Crippen molar-refractivity contribution in [3.63, 3.8) is 0 Å². The predicted octanol–water partition coefficient (Wildman–Crippen LogP) is 3.61.